The molecule has 4 heteroatoms. The molecule has 0 amide bonds. The van der Waals surface area contributed by atoms with E-state index in [2.05, 4.69) is 180 Å². The average molecular weight is 693 g/mol. The van der Waals surface area contributed by atoms with Crippen molar-refractivity contribution in [3.05, 3.63) is 180 Å². The van der Waals surface area contributed by atoms with Gasteiger partial charge >= 0.3 is 0 Å². The van der Waals surface area contributed by atoms with Gasteiger partial charge in [0.05, 0.1) is 27.8 Å². The van der Waals surface area contributed by atoms with Crippen molar-refractivity contribution in [3.8, 4) is 11.4 Å². The summed E-state index contributed by atoms with van der Waals surface area (Å²) >= 11 is 0. The first kappa shape index (κ1) is 29.5. The summed E-state index contributed by atoms with van der Waals surface area (Å²) in [6.07, 6.45) is 0.701. The Hall–Kier alpha value is -7.04. The summed E-state index contributed by atoms with van der Waals surface area (Å²) in [6.45, 7) is 2.13. The molecule has 4 heterocycles. The fraction of sp³-hybridized carbons (Fsp3) is 0.0400. The molecule has 4 aromatic heterocycles. The highest BCUT2D eigenvalue weighted by Gasteiger charge is 2.20. The first-order valence-electron chi connectivity index (χ1n) is 18.5. The zero-order valence-corrected chi connectivity index (χ0v) is 29.5. The number of benzene rings is 8. The third-order valence-corrected chi connectivity index (χ3v) is 11.4. The minimum Gasteiger partial charge on any atom is -0.456 e. The van der Waals surface area contributed by atoms with E-state index in [9.17, 15) is 0 Å². The zero-order chi connectivity index (χ0) is 35.5. The van der Waals surface area contributed by atoms with Crippen molar-refractivity contribution < 1.29 is 8.83 Å². The van der Waals surface area contributed by atoms with Gasteiger partial charge in [0.15, 0.2) is 5.58 Å². The van der Waals surface area contributed by atoms with Crippen LogP contribution in [0, 0.1) is 6.92 Å². The van der Waals surface area contributed by atoms with Gasteiger partial charge in [-0.15, -0.1) is 0 Å². The van der Waals surface area contributed by atoms with E-state index in [0.29, 0.717) is 6.42 Å². The standard InChI is InChI=1S/C50H32N2O2/c1-30-21-24-48-40(25-30)39-15-10-19-45(50(39)54-48)52-44-18-8-4-13-36(44)37-23-22-31(27-46(37)52)26-32-28-33(29-41-38-14-5-9-20-47(38)53-49(32)41)51-42-16-6-2-11-34(42)35-12-3-7-17-43(35)51/h2-25,27-29H,26H2,1H3. The molecule has 0 radical (unpaired) electrons. The third-order valence-electron chi connectivity index (χ3n) is 11.4. The fourth-order valence-corrected chi connectivity index (χ4v) is 9.02. The summed E-state index contributed by atoms with van der Waals surface area (Å²) in [6, 6.07) is 59.0. The number of aryl methyl sites for hydroxylation is 1. The van der Waals surface area contributed by atoms with Crippen LogP contribution >= 0.6 is 0 Å². The van der Waals surface area contributed by atoms with Crippen LogP contribution in [0.15, 0.2) is 173 Å². The molecule has 0 atom stereocenters. The Morgan fingerprint density at radius 1 is 0.407 bits per heavy atom. The molecule has 254 valence electrons. The van der Waals surface area contributed by atoms with E-state index < -0.39 is 0 Å². The number of hydrogen-bond acceptors (Lipinski definition) is 2. The highest BCUT2D eigenvalue weighted by Crippen LogP contribution is 2.41. The van der Waals surface area contributed by atoms with Crippen LogP contribution in [-0.2, 0) is 6.42 Å². The first-order chi connectivity index (χ1) is 26.7. The van der Waals surface area contributed by atoms with E-state index in [-0.39, 0.29) is 0 Å². The maximum atomic E-state index is 6.69. The minimum absolute atomic E-state index is 0.701. The lowest BCUT2D eigenvalue weighted by atomic mass is 9.99. The largest absolute Gasteiger partial charge is 0.456 e. The first-order valence-corrected chi connectivity index (χ1v) is 18.5. The second kappa shape index (κ2) is 11.0. The number of furan rings is 2. The van der Waals surface area contributed by atoms with Crippen LogP contribution < -0.4 is 0 Å². The van der Waals surface area contributed by atoms with Gasteiger partial charge in [0, 0.05) is 60.8 Å². The lowest BCUT2D eigenvalue weighted by molar-refractivity contribution is 0.664. The third kappa shape index (κ3) is 4.13. The number of hydrogen-bond donors (Lipinski definition) is 0. The summed E-state index contributed by atoms with van der Waals surface area (Å²) in [5.41, 5.74) is 14.1. The van der Waals surface area contributed by atoms with Crippen molar-refractivity contribution in [2.45, 2.75) is 13.3 Å². The molecule has 54 heavy (non-hydrogen) atoms. The molecule has 8 aromatic carbocycles. The maximum absolute atomic E-state index is 6.69. The minimum atomic E-state index is 0.701. The van der Waals surface area contributed by atoms with Gasteiger partial charge in [-0.1, -0.05) is 109 Å². The molecule has 0 aliphatic carbocycles. The molecule has 0 aliphatic heterocycles. The van der Waals surface area contributed by atoms with Gasteiger partial charge in [0.1, 0.15) is 16.7 Å². The molecule has 0 aliphatic rings. The van der Waals surface area contributed by atoms with Crippen molar-refractivity contribution in [2.24, 2.45) is 0 Å². The van der Waals surface area contributed by atoms with Crippen LogP contribution in [0.4, 0.5) is 0 Å². The van der Waals surface area contributed by atoms with Crippen molar-refractivity contribution in [2.75, 3.05) is 0 Å². The lowest BCUT2D eigenvalue weighted by Crippen LogP contribution is -1.98. The topological polar surface area (TPSA) is 36.1 Å². The number of rotatable bonds is 4. The van der Waals surface area contributed by atoms with Crippen LogP contribution in [0.2, 0.25) is 0 Å². The summed E-state index contributed by atoms with van der Waals surface area (Å²) < 4.78 is 18.1. The zero-order valence-electron chi connectivity index (χ0n) is 29.5. The molecule has 4 nitrogen and oxygen atoms in total. The van der Waals surface area contributed by atoms with E-state index in [4.69, 9.17) is 8.83 Å². The molecule has 0 unspecified atom stereocenters. The molecule has 0 saturated heterocycles. The quantitative estimate of drug-likeness (QED) is 0.184. The molecular formula is C50H32N2O2. The second-order valence-corrected chi connectivity index (χ2v) is 14.6. The second-order valence-electron chi connectivity index (χ2n) is 14.6. The van der Waals surface area contributed by atoms with Gasteiger partial charge in [0.25, 0.3) is 0 Å². The smallest absolute Gasteiger partial charge is 0.159 e. The predicted molar refractivity (Wildman–Crippen MR) is 224 cm³/mol. The molecule has 12 rings (SSSR count). The maximum Gasteiger partial charge on any atom is 0.159 e. The van der Waals surface area contributed by atoms with E-state index in [1.807, 2.05) is 0 Å². The highest BCUT2D eigenvalue weighted by molar-refractivity contribution is 6.14. The summed E-state index contributed by atoms with van der Waals surface area (Å²) in [4.78, 5) is 0. The van der Waals surface area contributed by atoms with Crippen molar-refractivity contribution in [1.29, 1.82) is 0 Å². The van der Waals surface area contributed by atoms with Crippen molar-refractivity contribution in [1.82, 2.24) is 9.13 Å². The Labute approximate surface area is 309 Å². The summed E-state index contributed by atoms with van der Waals surface area (Å²) in [5.74, 6) is 0. The molecular weight excluding hydrogens is 661 g/mol. The number of para-hydroxylation sites is 5. The van der Waals surface area contributed by atoms with Gasteiger partial charge in [-0.3, -0.25) is 0 Å². The Bertz CT molecular complexity index is 3440. The van der Waals surface area contributed by atoms with Crippen LogP contribution in [-0.4, -0.2) is 9.13 Å². The van der Waals surface area contributed by atoms with E-state index >= 15 is 0 Å². The number of fused-ring (bicyclic) bond motifs is 12. The van der Waals surface area contributed by atoms with Crippen LogP contribution in [0.3, 0.4) is 0 Å². The van der Waals surface area contributed by atoms with Crippen LogP contribution in [0.1, 0.15) is 16.7 Å². The molecule has 12 aromatic rings. The Kier molecular flexibility index (Phi) is 6.01. The van der Waals surface area contributed by atoms with Gasteiger partial charge in [-0.05, 0) is 73.2 Å². The highest BCUT2D eigenvalue weighted by atomic mass is 16.3. The van der Waals surface area contributed by atoms with Crippen LogP contribution in [0.25, 0.3) is 98.9 Å². The van der Waals surface area contributed by atoms with E-state index in [0.717, 1.165) is 71.8 Å². The Morgan fingerprint density at radius 3 is 1.78 bits per heavy atom. The lowest BCUT2D eigenvalue weighted by Gasteiger charge is -2.12. The average Bonchev–Trinajstić information content (AvgIpc) is 3.96. The normalized spacial score (nSPS) is 12.2. The number of aromatic nitrogens is 2. The van der Waals surface area contributed by atoms with Crippen molar-refractivity contribution >= 4 is 87.5 Å². The van der Waals surface area contributed by atoms with Gasteiger partial charge in [-0.2, -0.15) is 0 Å². The van der Waals surface area contributed by atoms with Crippen LogP contribution in [0.5, 0.6) is 0 Å². The van der Waals surface area contributed by atoms with E-state index in [1.54, 1.807) is 0 Å². The van der Waals surface area contributed by atoms with Gasteiger partial charge in [0.2, 0.25) is 0 Å². The molecule has 0 fully saturated rings. The monoisotopic (exact) mass is 692 g/mol. The predicted octanol–water partition coefficient (Wildman–Crippen LogP) is 13.6. The van der Waals surface area contributed by atoms with Crippen molar-refractivity contribution in [3.63, 3.8) is 0 Å². The van der Waals surface area contributed by atoms with E-state index in [1.165, 1.54) is 43.7 Å². The van der Waals surface area contributed by atoms with Gasteiger partial charge in [-0.25, -0.2) is 0 Å². The van der Waals surface area contributed by atoms with Gasteiger partial charge < -0.3 is 18.0 Å². The molecule has 0 N–H and O–H groups in total. The fourth-order valence-electron chi connectivity index (χ4n) is 9.02. The SMILES string of the molecule is Cc1ccc2oc3c(-n4c5ccccc5c5ccc(Cc6cc(-n7c8ccccc8c8ccccc87)cc7c6oc6ccccc67)cc54)cccc3c2c1. The summed E-state index contributed by atoms with van der Waals surface area (Å²) in [5, 5.41) is 9.46. The number of nitrogens with zero attached hydrogens (tertiary/aromatic N) is 2. The molecule has 0 saturated carbocycles. The Morgan fingerprint density at radius 2 is 1.02 bits per heavy atom. The Balaban J connectivity index is 1.10. The molecule has 0 spiro atoms. The molecule has 0 bridgehead atoms. The summed E-state index contributed by atoms with van der Waals surface area (Å²) in [7, 11) is 0.